The third-order valence-corrected chi connectivity index (χ3v) is 2.57. The Hall–Kier alpha value is -2.18. The van der Waals surface area contributed by atoms with E-state index in [1.54, 1.807) is 15.6 Å². The quantitative estimate of drug-likeness (QED) is 0.765. The van der Waals surface area contributed by atoms with Crippen LogP contribution in [-0.4, -0.2) is 35.9 Å². The molecule has 7 heteroatoms. The van der Waals surface area contributed by atoms with E-state index in [0.29, 0.717) is 6.42 Å². The van der Waals surface area contributed by atoms with Gasteiger partial charge in [0.2, 0.25) is 0 Å². The fourth-order valence-electron chi connectivity index (χ4n) is 1.65. The minimum Gasteiger partial charge on any atom is -0.481 e. The highest BCUT2D eigenvalue weighted by Gasteiger charge is 2.05. The van der Waals surface area contributed by atoms with Gasteiger partial charge in [0.15, 0.2) is 0 Å². The maximum absolute atomic E-state index is 10.4. The van der Waals surface area contributed by atoms with Gasteiger partial charge in [0.05, 0.1) is 24.3 Å². The minimum atomic E-state index is -0.756. The summed E-state index contributed by atoms with van der Waals surface area (Å²) in [5.41, 5.74) is 1.73. The molecule has 0 atom stereocenters. The molecule has 2 rings (SSSR count). The van der Waals surface area contributed by atoms with Crippen molar-refractivity contribution in [3.63, 3.8) is 0 Å². The largest absolute Gasteiger partial charge is 0.481 e. The Morgan fingerprint density at radius 2 is 2.22 bits per heavy atom. The second kappa shape index (κ2) is 5.44. The molecule has 0 bridgehead atoms. The van der Waals surface area contributed by atoms with Crippen molar-refractivity contribution in [2.45, 2.75) is 25.7 Å². The predicted molar refractivity (Wildman–Crippen MR) is 63.3 cm³/mol. The van der Waals surface area contributed by atoms with Gasteiger partial charge in [-0.3, -0.25) is 9.48 Å². The lowest BCUT2D eigenvalue weighted by Gasteiger charge is -1.94. The van der Waals surface area contributed by atoms with Crippen molar-refractivity contribution < 1.29 is 9.90 Å². The van der Waals surface area contributed by atoms with E-state index in [1.165, 1.54) is 0 Å². The number of aliphatic carboxylic acids is 1. The number of carbonyl (C=O) groups is 1. The Morgan fingerprint density at radius 3 is 2.89 bits per heavy atom. The van der Waals surface area contributed by atoms with Crippen LogP contribution in [0.4, 0.5) is 0 Å². The molecule has 0 radical (unpaired) electrons. The molecule has 0 fully saturated rings. The average molecular weight is 249 g/mol. The molecule has 0 aliphatic carbocycles. The van der Waals surface area contributed by atoms with Crippen LogP contribution in [0, 0.1) is 0 Å². The van der Waals surface area contributed by atoms with Gasteiger partial charge in [-0.1, -0.05) is 5.21 Å². The van der Waals surface area contributed by atoms with Crippen molar-refractivity contribution in [3.8, 4) is 5.69 Å². The van der Waals surface area contributed by atoms with Gasteiger partial charge >= 0.3 is 5.97 Å². The van der Waals surface area contributed by atoms with E-state index in [1.807, 2.05) is 19.4 Å². The van der Waals surface area contributed by atoms with Crippen molar-refractivity contribution in [3.05, 3.63) is 24.3 Å². The van der Waals surface area contributed by atoms with E-state index in [9.17, 15) is 4.79 Å². The van der Waals surface area contributed by atoms with E-state index in [-0.39, 0.29) is 6.42 Å². The zero-order chi connectivity index (χ0) is 13.0. The van der Waals surface area contributed by atoms with Crippen molar-refractivity contribution >= 4 is 5.97 Å². The number of nitrogens with zero attached hydrogens (tertiary/aromatic N) is 5. The zero-order valence-corrected chi connectivity index (χ0v) is 10.2. The van der Waals surface area contributed by atoms with Crippen molar-refractivity contribution in [2.24, 2.45) is 7.05 Å². The lowest BCUT2D eigenvalue weighted by atomic mass is 10.1. The minimum absolute atomic E-state index is 0.205. The van der Waals surface area contributed by atoms with Gasteiger partial charge in [0.25, 0.3) is 0 Å². The van der Waals surface area contributed by atoms with Crippen LogP contribution < -0.4 is 0 Å². The van der Waals surface area contributed by atoms with Gasteiger partial charge in [0, 0.05) is 13.5 Å². The topological polar surface area (TPSA) is 85.8 Å². The van der Waals surface area contributed by atoms with Gasteiger partial charge in [-0.25, -0.2) is 4.68 Å². The molecule has 18 heavy (non-hydrogen) atoms. The summed E-state index contributed by atoms with van der Waals surface area (Å²) >= 11 is 0. The molecule has 0 saturated heterocycles. The van der Waals surface area contributed by atoms with Crippen LogP contribution in [0.15, 0.2) is 18.6 Å². The number of hydrogen-bond donors (Lipinski definition) is 1. The number of carboxylic acids is 1. The molecule has 0 amide bonds. The monoisotopic (exact) mass is 249 g/mol. The summed E-state index contributed by atoms with van der Waals surface area (Å²) in [6, 6.07) is 0. The van der Waals surface area contributed by atoms with Crippen LogP contribution in [0.2, 0.25) is 0 Å². The van der Waals surface area contributed by atoms with Crippen LogP contribution in [0.5, 0.6) is 0 Å². The fraction of sp³-hybridized carbons (Fsp3) is 0.455. The molecule has 0 aromatic carbocycles. The molecule has 2 aromatic rings. The number of aromatic nitrogens is 5. The molecule has 0 aliphatic heterocycles. The Bertz CT molecular complexity index is 531. The Kier molecular flexibility index (Phi) is 3.71. The van der Waals surface area contributed by atoms with Gasteiger partial charge in [0.1, 0.15) is 5.69 Å². The Balaban J connectivity index is 1.88. The van der Waals surface area contributed by atoms with E-state index >= 15 is 0 Å². The molecular formula is C11H15N5O2. The lowest BCUT2D eigenvalue weighted by Crippen LogP contribution is -1.95. The smallest absolute Gasteiger partial charge is 0.303 e. The van der Waals surface area contributed by atoms with Gasteiger partial charge in [-0.05, 0) is 19.3 Å². The Morgan fingerprint density at radius 1 is 1.39 bits per heavy atom. The summed E-state index contributed by atoms with van der Waals surface area (Å²) < 4.78 is 3.36. The average Bonchev–Trinajstić information content (AvgIpc) is 2.93. The standard InChI is InChI=1S/C11H15N5O2/c1-15-8-10(6-12-15)16-7-9(13-14-16)4-2-3-5-11(17)18/h6-8H,2-5H2,1H3,(H,17,18). The maximum atomic E-state index is 10.4. The second-order valence-electron chi connectivity index (χ2n) is 4.13. The van der Waals surface area contributed by atoms with Gasteiger partial charge < -0.3 is 5.11 Å². The molecule has 0 saturated carbocycles. The summed E-state index contributed by atoms with van der Waals surface area (Å²) in [7, 11) is 1.84. The van der Waals surface area contributed by atoms with Crippen LogP contribution in [0.25, 0.3) is 5.69 Å². The fourth-order valence-corrected chi connectivity index (χ4v) is 1.65. The molecule has 0 spiro atoms. The number of rotatable bonds is 6. The maximum Gasteiger partial charge on any atom is 0.303 e. The zero-order valence-electron chi connectivity index (χ0n) is 10.2. The molecule has 2 heterocycles. The summed E-state index contributed by atoms with van der Waals surface area (Å²) in [5.74, 6) is -0.756. The summed E-state index contributed by atoms with van der Waals surface area (Å²) in [5, 5.41) is 20.6. The molecule has 0 aliphatic rings. The third-order valence-electron chi connectivity index (χ3n) is 2.57. The molecule has 7 nitrogen and oxygen atoms in total. The molecule has 0 unspecified atom stereocenters. The second-order valence-corrected chi connectivity index (χ2v) is 4.13. The first-order chi connectivity index (χ1) is 8.65. The van der Waals surface area contributed by atoms with Crippen molar-refractivity contribution in [1.82, 2.24) is 24.8 Å². The van der Waals surface area contributed by atoms with Crippen LogP contribution in [0.1, 0.15) is 25.0 Å². The lowest BCUT2D eigenvalue weighted by molar-refractivity contribution is -0.137. The summed E-state index contributed by atoms with van der Waals surface area (Å²) in [6.45, 7) is 0. The van der Waals surface area contributed by atoms with Crippen molar-refractivity contribution in [1.29, 1.82) is 0 Å². The van der Waals surface area contributed by atoms with E-state index in [0.717, 1.165) is 24.2 Å². The first-order valence-electron chi connectivity index (χ1n) is 5.77. The molecule has 2 aromatic heterocycles. The highest BCUT2D eigenvalue weighted by atomic mass is 16.4. The highest BCUT2D eigenvalue weighted by molar-refractivity contribution is 5.66. The third kappa shape index (κ3) is 3.16. The van der Waals surface area contributed by atoms with Gasteiger partial charge in [-0.15, -0.1) is 5.10 Å². The molecule has 1 N–H and O–H groups in total. The SMILES string of the molecule is Cn1cc(-n2cc(CCCCC(=O)O)nn2)cn1. The van der Waals surface area contributed by atoms with E-state index in [4.69, 9.17) is 5.11 Å². The predicted octanol–water partition coefficient (Wildman–Crippen LogP) is 0.798. The molecular weight excluding hydrogens is 234 g/mol. The first-order valence-corrected chi connectivity index (χ1v) is 5.77. The highest BCUT2D eigenvalue weighted by Crippen LogP contribution is 2.07. The van der Waals surface area contributed by atoms with Gasteiger partial charge in [-0.2, -0.15) is 5.10 Å². The first kappa shape index (κ1) is 12.3. The summed E-state index contributed by atoms with van der Waals surface area (Å²) in [4.78, 5) is 10.4. The van der Waals surface area contributed by atoms with E-state index in [2.05, 4.69) is 15.4 Å². The van der Waals surface area contributed by atoms with E-state index < -0.39 is 5.97 Å². The number of aryl methyl sites for hydroxylation is 2. The normalized spacial score (nSPS) is 10.7. The Labute approximate surface area is 104 Å². The number of carboxylic acid groups (broad SMARTS) is 1. The summed E-state index contributed by atoms with van der Waals surface area (Å²) in [6.07, 6.45) is 7.82. The van der Waals surface area contributed by atoms with Crippen LogP contribution in [-0.2, 0) is 18.3 Å². The number of hydrogen-bond acceptors (Lipinski definition) is 4. The molecule has 96 valence electrons. The van der Waals surface area contributed by atoms with Crippen LogP contribution in [0.3, 0.4) is 0 Å². The van der Waals surface area contributed by atoms with Crippen molar-refractivity contribution in [2.75, 3.05) is 0 Å². The number of unbranched alkanes of at least 4 members (excludes halogenated alkanes) is 1. The van der Waals surface area contributed by atoms with Crippen LogP contribution >= 0.6 is 0 Å².